The number of carbonyl (C=O) groups is 1. The van der Waals surface area contributed by atoms with Crippen molar-refractivity contribution in [2.45, 2.75) is 79.8 Å². The largest absolute Gasteiger partial charge is 0.426 e. The molecule has 3 nitrogen and oxygen atoms in total. The maximum absolute atomic E-state index is 13.5. The van der Waals surface area contributed by atoms with Crippen LogP contribution >= 0.6 is 23.2 Å². The minimum absolute atomic E-state index is 0.0721. The van der Waals surface area contributed by atoms with Gasteiger partial charge in [0.05, 0.1) is 19.1 Å². The van der Waals surface area contributed by atoms with Crippen LogP contribution in [0.5, 0.6) is 5.75 Å². The van der Waals surface area contributed by atoms with Crippen molar-refractivity contribution in [3.05, 3.63) is 62.6 Å². The first kappa shape index (κ1) is 27.0. The Hall–Kier alpha value is -1.55. The van der Waals surface area contributed by atoms with Gasteiger partial charge in [-0.25, -0.2) is 0 Å². The predicted molar refractivity (Wildman–Crippen MR) is 141 cm³/mol. The van der Waals surface area contributed by atoms with Crippen molar-refractivity contribution in [1.29, 1.82) is 0 Å². The molecule has 1 aliphatic carbocycles. The topological polar surface area (TPSA) is 35.5 Å². The van der Waals surface area contributed by atoms with Crippen molar-refractivity contribution < 1.29 is 14.3 Å². The number of hydrogen-bond acceptors (Lipinski definition) is 3. The van der Waals surface area contributed by atoms with Gasteiger partial charge >= 0.3 is 5.97 Å². The van der Waals surface area contributed by atoms with Gasteiger partial charge in [0.15, 0.2) is 0 Å². The van der Waals surface area contributed by atoms with Crippen LogP contribution in [0.15, 0.2) is 30.3 Å². The summed E-state index contributed by atoms with van der Waals surface area (Å²) in [5.74, 6) is 0.370. The van der Waals surface area contributed by atoms with Gasteiger partial charge in [-0.2, -0.15) is 0 Å². The SMILES string of the molecule is Cc1cc(C(C)(C)C)c(OC(=O)C2C(COCc3c(Cl)cccc3Cl)C2(C)C)c(C(C)(C)C)c1. The molecular formula is C29H38Cl2O3. The number of aryl methyl sites for hydroxylation is 1. The molecular weight excluding hydrogens is 467 g/mol. The second-order valence-electron chi connectivity index (χ2n) is 12.2. The summed E-state index contributed by atoms with van der Waals surface area (Å²) in [5.41, 5.74) is 3.56. The smallest absolute Gasteiger partial charge is 0.315 e. The van der Waals surface area contributed by atoms with E-state index >= 15 is 0 Å². The van der Waals surface area contributed by atoms with Gasteiger partial charge in [-0.3, -0.25) is 4.79 Å². The van der Waals surface area contributed by atoms with E-state index in [1.807, 2.05) is 6.07 Å². The lowest BCUT2D eigenvalue weighted by atomic mass is 9.78. The van der Waals surface area contributed by atoms with E-state index in [2.05, 4.69) is 74.4 Å². The normalized spacial score (nSPS) is 19.7. The number of esters is 1. The molecule has 1 saturated carbocycles. The number of ether oxygens (including phenoxy) is 2. The molecule has 5 heteroatoms. The Morgan fingerprint density at radius 2 is 1.47 bits per heavy atom. The van der Waals surface area contributed by atoms with Crippen LogP contribution in [0, 0.1) is 24.2 Å². The third kappa shape index (κ3) is 5.64. The zero-order chi connectivity index (χ0) is 25.6. The summed E-state index contributed by atoms with van der Waals surface area (Å²) in [5, 5.41) is 1.17. The summed E-state index contributed by atoms with van der Waals surface area (Å²) in [7, 11) is 0. The van der Waals surface area contributed by atoms with E-state index in [0.29, 0.717) is 29.0 Å². The molecule has 2 aromatic rings. The Morgan fingerprint density at radius 3 is 1.94 bits per heavy atom. The molecule has 2 aromatic carbocycles. The van der Waals surface area contributed by atoms with Crippen LogP contribution in [-0.4, -0.2) is 12.6 Å². The van der Waals surface area contributed by atoms with E-state index in [1.54, 1.807) is 12.1 Å². The van der Waals surface area contributed by atoms with E-state index in [1.165, 1.54) is 5.56 Å². The fourth-order valence-corrected chi connectivity index (χ4v) is 5.15. The van der Waals surface area contributed by atoms with Gasteiger partial charge < -0.3 is 9.47 Å². The monoisotopic (exact) mass is 504 g/mol. The lowest BCUT2D eigenvalue weighted by Crippen LogP contribution is -2.23. The summed E-state index contributed by atoms with van der Waals surface area (Å²) in [6.45, 7) is 20.0. The molecule has 0 heterocycles. The van der Waals surface area contributed by atoms with E-state index in [9.17, 15) is 4.79 Å². The van der Waals surface area contributed by atoms with Gasteiger partial charge in [0, 0.05) is 32.7 Å². The molecule has 0 N–H and O–H groups in total. The third-order valence-corrected chi connectivity index (χ3v) is 7.67. The number of carbonyl (C=O) groups excluding carboxylic acids is 1. The van der Waals surface area contributed by atoms with E-state index in [-0.39, 0.29) is 34.1 Å². The molecule has 0 bridgehead atoms. The molecule has 2 atom stereocenters. The van der Waals surface area contributed by atoms with E-state index < -0.39 is 0 Å². The van der Waals surface area contributed by atoms with Crippen LogP contribution in [0.1, 0.15) is 77.6 Å². The lowest BCUT2D eigenvalue weighted by molar-refractivity contribution is -0.137. The first-order valence-electron chi connectivity index (χ1n) is 11.9. The van der Waals surface area contributed by atoms with Crippen LogP contribution in [-0.2, 0) is 27.0 Å². The third-order valence-electron chi connectivity index (χ3n) is 6.96. The van der Waals surface area contributed by atoms with Crippen LogP contribution in [0.4, 0.5) is 0 Å². The van der Waals surface area contributed by atoms with Crippen LogP contribution in [0.25, 0.3) is 0 Å². The van der Waals surface area contributed by atoms with Gasteiger partial charge in [-0.05, 0) is 35.3 Å². The average molecular weight is 506 g/mol. The quantitative estimate of drug-likeness (QED) is 0.293. The number of hydrogen-bond donors (Lipinski definition) is 0. The molecule has 1 aliphatic rings. The summed E-state index contributed by atoms with van der Waals surface area (Å²) in [6.07, 6.45) is 0. The zero-order valence-corrected chi connectivity index (χ0v) is 23.4. The first-order valence-corrected chi connectivity index (χ1v) is 12.7. The molecule has 0 aliphatic heterocycles. The Bertz CT molecular complexity index is 1020. The van der Waals surface area contributed by atoms with E-state index in [4.69, 9.17) is 32.7 Å². The highest BCUT2D eigenvalue weighted by atomic mass is 35.5. The van der Waals surface area contributed by atoms with Crippen molar-refractivity contribution in [2.75, 3.05) is 6.61 Å². The van der Waals surface area contributed by atoms with Gasteiger partial charge in [0.2, 0.25) is 0 Å². The fourth-order valence-electron chi connectivity index (χ4n) is 4.64. The summed E-state index contributed by atoms with van der Waals surface area (Å²) in [6, 6.07) is 9.70. The van der Waals surface area contributed by atoms with E-state index in [0.717, 1.165) is 16.7 Å². The molecule has 0 radical (unpaired) electrons. The molecule has 0 saturated heterocycles. The molecule has 34 heavy (non-hydrogen) atoms. The second-order valence-corrected chi connectivity index (χ2v) is 13.0. The summed E-state index contributed by atoms with van der Waals surface area (Å²) < 4.78 is 12.2. The van der Waals surface area contributed by atoms with Crippen LogP contribution < -0.4 is 4.74 Å². The zero-order valence-electron chi connectivity index (χ0n) is 21.9. The Morgan fingerprint density at radius 1 is 0.971 bits per heavy atom. The number of rotatable bonds is 6. The molecule has 1 fully saturated rings. The number of benzene rings is 2. The first-order chi connectivity index (χ1) is 15.5. The highest BCUT2D eigenvalue weighted by molar-refractivity contribution is 6.35. The molecule has 0 amide bonds. The van der Waals surface area contributed by atoms with Crippen LogP contribution in [0.3, 0.4) is 0 Å². The molecule has 2 unspecified atom stereocenters. The van der Waals surface area contributed by atoms with Crippen molar-refractivity contribution in [3.63, 3.8) is 0 Å². The Kier molecular flexibility index (Phi) is 7.54. The molecule has 3 rings (SSSR count). The standard InChI is InChI=1S/C29H38Cl2O3/c1-17-13-19(27(2,3)4)25(20(14-17)28(5,6)7)34-26(32)24-21(29(24,8)9)16-33-15-18-22(30)11-10-12-23(18)31/h10-14,21,24H,15-16H2,1-9H3. The second kappa shape index (κ2) is 9.48. The van der Waals surface area contributed by atoms with Crippen molar-refractivity contribution in [3.8, 4) is 5.75 Å². The Labute approximate surface area is 215 Å². The van der Waals surface area contributed by atoms with Gasteiger partial charge in [0.1, 0.15) is 5.75 Å². The van der Waals surface area contributed by atoms with Crippen LogP contribution in [0.2, 0.25) is 10.0 Å². The molecule has 0 aromatic heterocycles. The minimum Gasteiger partial charge on any atom is -0.426 e. The average Bonchev–Trinajstić information content (AvgIpc) is 3.24. The van der Waals surface area contributed by atoms with Gasteiger partial charge in [-0.15, -0.1) is 0 Å². The van der Waals surface area contributed by atoms with Crippen molar-refractivity contribution in [1.82, 2.24) is 0 Å². The summed E-state index contributed by atoms with van der Waals surface area (Å²) >= 11 is 12.5. The van der Waals surface area contributed by atoms with Gasteiger partial charge in [-0.1, -0.05) is 102 Å². The lowest BCUT2D eigenvalue weighted by Gasteiger charge is -2.30. The van der Waals surface area contributed by atoms with Crippen molar-refractivity contribution >= 4 is 29.2 Å². The molecule has 186 valence electrons. The fraction of sp³-hybridized carbons (Fsp3) is 0.552. The number of halogens is 2. The van der Waals surface area contributed by atoms with Crippen molar-refractivity contribution in [2.24, 2.45) is 17.3 Å². The predicted octanol–water partition coefficient (Wildman–Crippen LogP) is 8.29. The highest BCUT2D eigenvalue weighted by Gasteiger charge is 2.63. The molecule has 0 spiro atoms. The minimum atomic E-state index is -0.226. The maximum Gasteiger partial charge on any atom is 0.315 e. The highest BCUT2D eigenvalue weighted by Crippen LogP contribution is 2.59. The Balaban J connectivity index is 1.79. The van der Waals surface area contributed by atoms with Gasteiger partial charge in [0.25, 0.3) is 0 Å². The summed E-state index contributed by atoms with van der Waals surface area (Å²) in [4.78, 5) is 13.5. The maximum atomic E-state index is 13.5.